The Morgan fingerprint density at radius 3 is 1.73 bits per heavy atom. The molecule has 0 radical (unpaired) electrons. The average Bonchev–Trinajstić information content (AvgIpc) is 2.64. The van der Waals surface area contributed by atoms with Gasteiger partial charge in [0.25, 0.3) is 0 Å². The lowest BCUT2D eigenvalue weighted by Gasteiger charge is -1.98. The van der Waals surface area contributed by atoms with Crippen LogP contribution in [0.1, 0.15) is 25.7 Å². The number of unbranched alkanes of at least 4 members (excludes halogenated alkanes) is 2. The summed E-state index contributed by atoms with van der Waals surface area (Å²) in [6, 6.07) is 0. The summed E-state index contributed by atoms with van der Waals surface area (Å²) in [5, 5.41) is 0. The molecular formula is C23H14O3. The van der Waals surface area contributed by atoms with Crippen molar-refractivity contribution in [2.45, 2.75) is 25.7 Å². The van der Waals surface area contributed by atoms with E-state index in [9.17, 15) is 4.79 Å². The van der Waals surface area contributed by atoms with Crippen molar-refractivity contribution in [2.24, 2.45) is 0 Å². The smallest absolute Gasteiger partial charge is 0.319 e. The van der Waals surface area contributed by atoms with Gasteiger partial charge in [0.15, 0.2) is 0 Å². The molecule has 0 aromatic heterocycles. The molecule has 0 aliphatic heterocycles. The van der Waals surface area contributed by atoms with Crippen LogP contribution in [-0.2, 0) is 14.3 Å². The topological polar surface area (TPSA) is 35.5 Å². The van der Waals surface area contributed by atoms with Gasteiger partial charge in [-0.25, -0.2) is 0 Å². The molecule has 0 bridgehead atoms. The van der Waals surface area contributed by atoms with Crippen LogP contribution in [0.25, 0.3) is 0 Å². The molecule has 0 fully saturated rings. The first-order valence-electron chi connectivity index (χ1n) is 7.45. The molecule has 0 aliphatic carbocycles. The van der Waals surface area contributed by atoms with E-state index >= 15 is 0 Å². The molecule has 124 valence electrons. The highest BCUT2D eigenvalue weighted by Gasteiger charge is 2.00. The molecular weight excluding hydrogens is 324 g/mol. The number of methoxy groups -OCH3 is 1. The Morgan fingerprint density at radius 2 is 1.23 bits per heavy atom. The molecule has 0 saturated heterocycles. The number of carbonyl (C=O) groups excluding carboxylic acids is 1. The van der Waals surface area contributed by atoms with Crippen LogP contribution in [0.2, 0.25) is 0 Å². The van der Waals surface area contributed by atoms with Crippen LogP contribution in [-0.4, -0.2) is 19.7 Å². The van der Waals surface area contributed by atoms with E-state index in [0.717, 1.165) is 19.3 Å². The molecule has 0 rings (SSSR count). The zero-order valence-electron chi connectivity index (χ0n) is 14.3. The number of esters is 1. The van der Waals surface area contributed by atoms with Gasteiger partial charge in [-0.05, 0) is 54.3 Å². The first kappa shape index (κ1) is 21.9. The van der Waals surface area contributed by atoms with Gasteiger partial charge < -0.3 is 9.47 Å². The fraction of sp³-hybridized carbons (Fsp3) is 0.261. The van der Waals surface area contributed by atoms with E-state index in [-0.39, 0.29) is 5.97 Å². The van der Waals surface area contributed by atoms with E-state index < -0.39 is 0 Å². The van der Waals surface area contributed by atoms with Gasteiger partial charge in [0, 0.05) is 61.6 Å². The Balaban J connectivity index is 4.07. The fourth-order valence-electron chi connectivity index (χ4n) is 1.23. The normalized spacial score (nSPS) is 6.31. The van der Waals surface area contributed by atoms with Crippen molar-refractivity contribution in [1.29, 1.82) is 0 Å². The fourth-order valence-corrected chi connectivity index (χ4v) is 1.23. The Kier molecular flexibility index (Phi) is 16.0. The molecule has 0 aromatic rings. The summed E-state index contributed by atoms with van der Waals surface area (Å²) in [4.78, 5) is 11.3. The highest BCUT2D eigenvalue weighted by atomic mass is 16.5. The van der Waals surface area contributed by atoms with Crippen molar-refractivity contribution in [2.75, 3.05) is 13.7 Å². The number of terminal acetylenes is 1. The molecule has 0 aromatic carbocycles. The molecule has 0 saturated carbocycles. The monoisotopic (exact) mass is 338 g/mol. The van der Waals surface area contributed by atoms with Gasteiger partial charge >= 0.3 is 5.97 Å². The highest BCUT2D eigenvalue weighted by molar-refractivity contribution is 5.70. The second-order valence-corrected chi connectivity index (χ2v) is 4.15. The van der Waals surface area contributed by atoms with Crippen molar-refractivity contribution >= 4 is 5.97 Å². The van der Waals surface area contributed by atoms with Crippen molar-refractivity contribution < 1.29 is 14.3 Å². The van der Waals surface area contributed by atoms with Crippen molar-refractivity contribution in [3.8, 4) is 95.4 Å². The SMILES string of the molecule is C#CC#CC#CC#CC#CC#CC#CC#COC(=O)CCCCCOC. The van der Waals surface area contributed by atoms with Crippen LogP contribution in [0, 0.1) is 95.4 Å². The summed E-state index contributed by atoms with van der Waals surface area (Å²) in [7, 11) is 1.65. The van der Waals surface area contributed by atoms with Crippen LogP contribution in [0.5, 0.6) is 0 Å². The van der Waals surface area contributed by atoms with Crippen LogP contribution in [0.15, 0.2) is 0 Å². The summed E-state index contributed by atoms with van der Waals surface area (Å²) in [5.74, 6) is 33.4. The molecule has 0 unspecified atom stereocenters. The maximum absolute atomic E-state index is 11.3. The second-order valence-electron chi connectivity index (χ2n) is 4.15. The molecule has 0 amide bonds. The third-order valence-corrected chi connectivity index (χ3v) is 2.27. The zero-order valence-corrected chi connectivity index (χ0v) is 14.3. The Hall–Kier alpha value is -4.09. The van der Waals surface area contributed by atoms with Crippen molar-refractivity contribution in [3.63, 3.8) is 0 Å². The molecule has 0 aliphatic rings. The highest BCUT2D eigenvalue weighted by Crippen LogP contribution is 2.00. The minimum Gasteiger partial charge on any atom is -0.385 e. The summed E-state index contributed by atoms with van der Waals surface area (Å²) >= 11 is 0. The number of hydrogen-bond donors (Lipinski definition) is 0. The first-order valence-corrected chi connectivity index (χ1v) is 7.45. The molecule has 0 spiro atoms. The van der Waals surface area contributed by atoms with E-state index in [2.05, 4.69) is 89.0 Å². The summed E-state index contributed by atoms with van der Waals surface area (Å²) in [6.07, 6.45) is 10.0. The lowest BCUT2D eigenvalue weighted by atomic mass is 10.2. The number of hydrogen-bond acceptors (Lipinski definition) is 3. The lowest BCUT2D eigenvalue weighted by Crippen LogP contribution is -1.99. The predicted molar refractivity (Wildman–Crippen MR) is 99.7 cm³/mol. The molecule has 3 heteroatoms. The Bertz CT molecular complexity index is 943. The van der Waals surface area contributed by atoms with Crippen LogP contribution >= 0.6 is 0 Å². The van der Waals surface area contributed by atoms with E-state index in [1.54, 1.807) is 7.11 Å². The van der Waals surface area contributed by atoms with Gasteiger partial charge in [0.1, 0.15) is 6.11 Å². The molecule has 26 heavy (non-hydrogen) atoms. The van der Waals surface area contributed by atoms with Crippen molar-refractivity contribution in [3.05, 3.63) is 0 Å². The second kappa shape index (κ2) is 19.0. The maximum atomic E-state index is 11.3. The van der Waals surface area contributed by atoms with E-state index in [1.165, 1.54) is 0 Å². The molecule has 3 nitrogen and oxygen atoms in total. The van der Waals surface area contributed by atoms with E-state index in [1.807, 2.05) is 0 Å². The molecule has 0 atom stereocenters. The lowest BCUT2D eigenvalue weighted by molar-refractivity contribution is -0.136. The first-order chi connectivity index (χ1) is 12.8. The average molecular weight is 338 g/mol. The molecule has 0 N–H and O–H groups in total. The van der Waals surface area contributed by atoms with Crippen LogP contribution in [0.3, 0.4) is 0 Å². The van der Waals surface area contributed by atoms with Gasteiger partial charge in [-0.1, -0.05) is 6.42 Å². The van der Waals surface area contributed by atoms with Gasteiger partial charge in [-0.15, -0.1) is 6.42 Å². The largest absolute Gasteiger partial charge is 0.385 e. The van der Waals surface area contributed by atoms with Gasteiger partial charge in [-0.3, -0.25) is 4.79 Å². The Labute approximate surface area is 155 Å². The third-order valence-electron chi connectivity index (χ3n) is 2.27. The van der Waals surface area contributed by atoms with Gasteiger partial charge in [0.2, 0.25) is 0 Å². The zero-order chi connectivity index (χ0) is 19.1. The Morgan fingerprint density at radius 1 is 0.731 bits per heavy atom. The van der Waals surface area contributed by atoms with Crippen LogP contribution < -0.4 is 0 Å². The van der Waals surface area contributed by atoms with Crippen LogP contribution in [0.4, 0.5) is 0 Å². The standard InChI is InChI=1S/C23H14O3/c1-3-4-5-6-7-8-9-10-11-12-13-14-15-19-22-26-23(24)20-17-16-18-21-25-2/h1H,16-18,20-21H2,2H3. The number of carbonyl (C=O) groups is 1. The quantitative estimate of drug-likeness (QED) is 0.417. The number of rotatable bonds is 6. The molecule has 0 heterocycles. The van der Waals surface area contributed by atoms with Crippen molar-refractivity contribution in [1.82, 2.24) is 0 Å². The predicted octanol–water partition coefficient (Wildman–Crippen LogP) is 1.35. The minimum atomic E-state index is -0.374. The third kappa shape index (κ3) is 18.0. The summed E-state index contributed by atoms with van der Waals surface area (Å²) in [5.41, 5.74) is 0. The summed E-state index contributed by atoms with van der Waals surface area (Å²) < 4.78 is 9.61. The van der Waals surface area contributed by atoms with Gasteiger partial charge in [0.05, 0.1) is 0 Å². The minimum absolute atomic E-state index is 0.323. The maximum Gasteiger partial charge on any atom is 0.319 e. The van der Waals surface area contributed by atoms with E-state index in [4.69, 9.17) is 15.9 Å². The van der Waals surface area contributed by atoms with Gasteiger partial charge in [-0.2, -0.15) is 0 Å². The summed E-state index contributed by atoms with van der Waals surface area (Å²) in [6.45, 7) is 0.693. The van der Waals surface area contributed by atoms with E-state index in [0.29, 0.717) is 13.0 Å². The number of ether oxygens (including phenoxy) is 2.